The molecule has 0 aliphatic heterocycles. The van der Waals surface area contributed by atoms with E-state index in [1.807, 2.05) is 36.4 Å². The van der Waals surface area contributed by atoms with E-state index in [0.717, 1.165) is 11.1 Å². The first-order valence-electron chi connectivity index (χ1n) is 9.72. The second-order valence-corrected chi connectivity index (χ2v) is 6.76. The minimum Gasteiger partial charge on any atom is -0.481 e. The van der Waals surface area contributed by atoms with Gasteiger partial charge in [0, 0.05) is 0 Å². The lowest BCUT2D eigenvalue weighted by molar-refractivity contribution is -0.139. The predicted molar refractivity (Wildman–Crippen MR) is 114 cm³/mol. The Balaban J connectivity index is 1.62. The zero-order valence-corrected chi connectivity index (χ0v) is 17.0. The first-order chi connectivity index (χ1) is 15.5. The van der Waals surface area contributed by atoms with Gasteiger partial charge in [-0.05, 0) is 27.6 Å². The number of tetrazole rings is 1. The minimum absolute atomic E-state index is 0.0118. The van der Waals surface area contributed by atoms with Crippen molar-refractivity contribution in [2.24, 2.45) is 0 Å². The molecule has 10 nitrogen and oxygen atoms in total. The third-order valence-electron chi connectivity index (χ3n) is 4.36. The lowest BCUT2D eigenvalue weighted by atomic mass is 10.1. The molecule has 0 bridgehead atoms. The van der Waals surface area contributed by atoms with Crippen molar-refractivity contribution in [3.05, 3.63) is 77.6 Å². The van der Waals surface area contributed by atoms with Crippen LogP contribution in [0.5, 0.6) is 0 Å². The van der Waals surface area contributed by atoms with Gasteiger partial charge in [0.25, 0.3) is 0 Å². The van der Waals surface area contributed by atoms with Crippen LogP contribution in [0.15, 0.2) is 60.7 Å². The van der Waals surface area contributed by atoms with Gasteiger partial charge in [-0.15, -0.1) is 5.10 Å². The van der Waals surface area contributed by atoms with E-state index in [-0.39, 0.29) is 13.2 Å². The van der Waals surface area contributed by atoms with E-state index in [9.17, 15) is 14.4 Å². The molecule has 0 saturated carbocycles. The monoisotopic (exact) mass is 435 g/mol. The summed E-state index contributed by atoms with van der Waals surface area (Å²) in [6.45, 7) is -0.333. The van der Waals surface area contributed by atoms with Crippen LogP contribution in [0.25, 0.3) is 12.2 Å². The lowest BCUT2D eigenvalue weighted by Crippen LogP contribution is -2.44. The SMILES string of the molecule is O=C(O)CC(NC(=O)OCc1ccccc1)C(=O)Cn1nnnc1/C=C/c1ccccc1. The zero-order valence-electron chi connectivity index (χ0n) is 17.0. The van der Waals surface area contributed by atoms with Crippen LogP contribution in [-0.4, -0.2) is 49.2 Å². The van der Waals surface area contributed by atoms with Crippen LogP contribution in [0, 0.1) is 0 Å². The fourth-order valence-electron chi connectivity index (χ4n) is 2.76. The topological polar surface area (TPSA) is 136 Å². The molecule has 1 amide bonds. The highest BCUT2D eigenvalue weighted by Gasteiger charge is 2.25. The van der Waals surface area contributed by atoms with Crippen molar-refractivity contribution < 1.29 is 24.2 Å². The highest BCUT2D eigenvalue weighted by molar-refractivity contribution is 5.90. The van der Waals surface area contributed by atoms with Gasteiger partial charge >= 0.3 is 12.1 Å². The number of ether oxygens (including phenoxy) is 1. The largest absolute Gasteiger partial charge is 0.481 e. The third kappa shape index (κ3) is 6.87. The normalized spacial score (nSPS) is 11.8. The highest BCUT2D eigenvalue weighted by Crippen LogP contribution is 2.07. The first kappa shape index (κ1) is 22.3. The Morgan fingerprint density at radius 2 is 1.72 bits per heavy atom. The Kier molecular flexibility index (Phi) is 7.79. The number of rotatable bonds is 10. The van der Waals surface area contributed by atoms with E-state index in [1.165, 1.54) is 4.68 Å². The molecule has 1 atom stereocenters. The molecule has 0 aliphatic rings. The first-order valence-corrected chi connectivity index (χ1v) is 9.72. The van der Waals surface area contributed by atoms with Gasteiger partial charge in [-0.2, -0.15) is 0 Å². The summed E-state index contributed by atoms with van der Waals surface area (Å²) < 4.78 is 6.31. The summed E-state index contributed by atoms with van der Waals surface area (Å²) in [4.78, 5) is 36.0. The standard InChI is InChI=1S/C22H21N5O5/c28-19(14-27-20(24-25-26-27)12-11-16-7-3-1-4-8-16)18(13-21(29)30)23-22(31)32-15-17-9-5-2-6-10-17/h1-12,18H,13-15H2,(H,23,31)(H,29,30)/b12-11+. The number of carbonyl (C=O) groups excluding carboxylic acids is 2. The summed E-state index contributed by atoms with van der Waals surface area (Å²) in [6, 6.07) is 17.1. The number of hydrogen-bond donors (Lipinski definition) is 2. The number of nitrogens with zero attached hydrogens (tertiary/aromatic N) is 4. The van der Waals surface area contributed by atoms with Crippen LogP contribution < -0.4 is 5.32 Å². The number of hydrogen-bond acceptors (Lipinski definition) is 7. The van der Waals surface area contributed by atoms with Crippen LogP contribution in [0.2, 0.25) is 0 Å². The molecule has 1 heterocycles. The maximum absolute atomic E-state index is 12.7. The molecule has 0 radical (unpaired) electrons. The molecule has 0 saturated heterocycles. The Morgan fingerprint density at radius 3 is 2.41 bits per heavy atom. The van der Waals surface area contributed by atoms with Gasteiger partial charge in [0.15, 0.2) is 11.6 Å². The van der Waals surface area contributed by atoms with Gasteiger partial charge in [-0.1, -0.05) is 66.7 Å². The Bertz CT molecular complexity index is 1080. The third-order valence-corrected chi connectivity index (χ3v) is 4.36. The van der Waals surface area contributed by atoms with Crippen molar-refractivity contribution in [2.75, 3.05) is 0 Å². The van der Waals surface area contributed by atoms with Gasteiger partial charge in [0.1, 0.15) is 19.2 Å². The fraction of sp³-hybridized carbons (Fsp3) is 0.182. The van der Waals surface area contributed by atoms with E-state index in [4.69, 9.17) is 9.84 Å². The molecule has 0 spiro atoms. The van der Waals surface area contributed by atoms with Gasteiger partial charge in [0.2, 0.25) is 0 Å². The summed E-state index contributed by atoms with van der Waals surface area (Å²) in [5.74, 6) is -1.51. The number of benzene rings is 2. The van der Waals surface area contributed by atoms with Crippen molar-refractivity contribution in [3.63, 3.8) is 0 Å². The molecular weight excluding hydrogens is 414 g/mol. The molecule has 10 heteroatoms. The Labute approximate surface area is 183 Å². The van der Waals surface area contributed by atoms with Crippen LogP contribution in [-0.2, 0) is 27.5 Å². The summed E-state index contributed by atoms with van der Waals surface area (Å²) in [5.41, 5.74) is 1.67. The van der Waals surface area contributed by atoms with Crippen molar-refractivity contribution in [1.82, 2.24) is 25.5 Å². The van der Waals surface area contributed by atoms with Gasteiger partial charge < -0.3 is 15.2 Å². The van der Waals surface area contributed by atoms with Crippen molar-refractivity contribution >= 4 is 30.0 Å². The maximum Gasteiger partial charge on any atom is 0.408 e. The molecule has 3 rings (SSSR count). The maximum atomic E-state index is 12.7. The molecule has 2 aromatic carbocycles. The van der Waals surface area contributed by atoms with Gasteiger partial charge in [-0.25, -0.2) is 9.48 Å². The molecule has 2 N–H and O–H groups in total. The van der Waals surface area contributed by atoms with Gasteiger partial charge in [0.05, 0.1) is 6.42 Å². The number of carboxylic acids is 1. The number of nitrogens with one attached hydrogen (secondary N) is 1. The van der Waals surface area contributed by atoms with Crippen LogP contribution in [0.3, 0.4) is 0 Å². The van der Waals surface area contributed by atoms with Crippen LogP contribution in [0.4, 0.5) is 4.79 Å². The van der Waals surface area contributed by atoms with Crippen LogP contribution in [0.1, 0.15) is 23.4 Å². The second kappa shape index (κ2) is 11.2. The number of amides is 1. The number of carbonyl (C=O) groups is 3. The van der Waals surface area contributed by atoms with Crippen molar-refractivity contribution in [2.45, 2.75) is 25.6 Å². The number of Topliss-reactive ketones (excluding diaryl/α,β-unsaturated/α-hetero) is 1. The molecular formula is C22H21N5O5. The predicted octanol–water partition coefficient (Wildman–Crippen LogP) is 2.18. The molecule has 0 fully saturated rings. The number of aromatic nitrogens is 4. The number of carboxylic acid groups (broad SMARTS) is 1. The molecule has 1 unspecified atom stereocenters. The Morgan fingerprint density at radius 1 is 1.03 bits per heavy atom. The van der Waals surface area contributed by atoms with Crippen molar-refractivity contribution in [3.8, 4) is 0 Å². The van der Waals surface area contributed by atoms with Crippen molar-refractivity contribution in [1.29, 1.82) is 0 Å². The summed E-state index contributed by atoms with van der Waals surface area (Å²) in [5, 5.41) is 22.7. The number of alkyl carbamates (subject to hydrolysis) is 1. The number of aliphatic carboxylic acids is 1. The van der Waals surface area contributed by atoms with E-state index < -0.39 is 30.3 Å². The van der Waals surface area contributed by atoms with E-state index in [0.29, 0.717) is 5.82 Å². The van der Waals surface area contributed by atoms with E-state index in [1.54, 1.807) is 36.4 Å². The average molecular weight is 435 g/mol. The smallest absolute Gasteiger partial charge is 0.408 e. The lowest BCUT2D eigenvalue weighted by Gasteiger charge is -2.16. The summed E-state index contributed by atoms with van der Waals surface area (Å²) in [7, 11) is 0. The molecule has 164 valence electrons. The van der Waals surface area contributed by atoms with E-state index in [2.05, 4.69) is 20.8 Å². The highest BCUT2D eigenvalue weighted by atomic mass is 16.5. The van der Waals surface area contributed by atoms with Gasteiger partial charge in [-0.3, -0.25) is 9.59 Å². The fourth-order valence-corrected chi connectivity index (χ4v) is 2.76. The molecule has 32 heavy (non-hydrogen) atoms. The summed E-state index contributed by atoms with van der Waals surface area (Å²) >= 11 is 0. The Hall–Kier alpha value is -4.34. The number of ketones is 1. The molecule has 0 aliphatic carbocycles. The van der Waals surface area contributed by atoms with E-state index >= 15 is 0 Å². The quantitative estimate of drug-likeness (QED) is 0.494. The second-order valence-electron chi connectivity index (χ2n) is 6.76. The summed E-state index contributed by atoms with van der Waals surface area (Å²) in [6.07, 6.45) is 1.92. The average Bonchev–Trinajstić information content (AvgIpc) is 3.24. The molecule has 3 aromatic rings. The minimum atomic E-state index is -1.30. The zero-order chi connectivity index (χ0) is 22.8. The molecule has 1 aromatic heterocycles. The van der Waals surface area contributed by atoms with Crippen LogP contribution >= 0.6 is 0 Å².